The maximum absolute atomic E-state index is 4.39. The molecule has 0 unspecified atom stereocenters. The third-order valence-corrected chi connectivity index (χ3v) is 7.26. The molecule has 0 aliphatic heterocycles. The lowest BCUT2D eigenvalue weighted by Crippen LogP contribution is -2.14. The largest absolute Gasteiger partial charge is 0.308 e. The van der Waals surface area contributed by atoms with Crippen molar-refractivity contribution in [1.82, 2.24) is 9.55 Å². The highest BCUT2D eigenvalue weighted by atomic mass is 15.0. The molecule has 152 valence electrons. The monoisotopic (exact) mass is 410 g/mol. The van der Waals surface area contributed by atoms with E-state index in [1.165, 1.54) is 54.8 Å². The van der Waals surface area contributed by atoms with Crippen LogP contribution in [0.5, 0.6) is 0 Å². The molecule has 6 aromatic rings. The topological polar surface area (TPSA) is 17.8 Å². The van der Waals surface area contributed by atoms with Gasteiger partial charge in [0.1, 0.15) is 0 Å². The van der Waals surface area contributed by atoms with Crippen LogP contribution in [0.4, 0.5) is 0 Å². The molecule has 0 bridgehead atoms. The van der Waals surface area contributed by atoms with Gasteiger partial charge in [-0.05, 0) is 69.4 Å². The second-order valence-electron chi connectivity index (χ2n) is 9.31. The molecule has 4 aromatic carbocycles. The average Bonchev–Trinajstić information content (AvgIpc) is 3.28. The van der Waals surface area contributed by atoms with Crippen LogP contribution in [0.1, 0.15) is 25.0 Å². The second kappa shape index (κ2) is 6.08. The number of fused-ring (bicyclic) bond motifs is 8. The van der Waals surface area contributed by atoms with Crippen molar-refractivity contribution in [3.8, 4) is 16.8 Å². The van der Waals surface area contributed by atoms with E-state index in [2.05, 4.69) is 102 Å². The predicted octanol–water partition coefficient (Wildman–Crippen LogP) is 7.64. The molecule has 0 atom stereocenters. The molecular weight excluding hydrogens is 388 g/mol. The second-order valence-corrected chi connectivity index (χ2v) is 9.31. The van der Waals surface area contributed by atoms with E-state index in [1.54, 1.807) is 0 Å². The van der Waals surface area contributed by atoms with Gasteiger partial charge in [-0.25, -0.2) is 0 Å². The van der Waals surface area contributed by atoms with E-state index in [9.17, 15) is 0 Å². The summed E-state index contributed by atoms with van der Waals surface area (Å²) in [5.41, 5.74) is 9.08. The summed E-state index contributed by atoms with van der Waals surface area (Å²) in [6.07, 6.45) is 3.77. The Hall–Kier alpha value is -3.91. The van der Waals surface area contributed by atoms with E-state index >= 15 is 0 Å². The highest BCUT2D eigenvalue weighted by molar-refractivity contribution is 6.22. The predicted molar refractivity (Wildman–Crippen MR) is 134 cm³/mol. The maximum Gasteiger partial charge on any atom is 0.0645 e. The third kappa shape index (κ3) is 2.17. The van der Waals surface area contributed by atoms with Crippen molar-refractivity contribution >= 4 is 32.6 Å². The number of hydrogen-bond acceptors (Lipinski definition) is 1. The fraction of sp³-hybridized carbons (Fsp3) is 0.100. The molecule has 1 aliphatic rings. The standard InChI is InChI=1S/C30H22N2/c1-30(2)25-11-5-3-9-21(25)24-16-19-13-14-28-29(23(19)17-26(24)30)22-10-4-6-12-27(22)32(28)20-8-7-15-31-18-20/h3-18H,1-2H3. The number of nitrogens with zero attached hydrogens (tertiary/aromatic N) is 2. The van der Waals surface area contributed by atoms with Gasteiger partial charge in [-0.1, -0.05) is 62.4 Å². The van der Waals surface area contributed by atoms with E-state index in [0.717, 1.165) is 5.69 Å². The van der Waals surface area contributed by atoms with E-state index in [0.29, 0.717) is 0 Å². The molecule has 0 fully saturated rings. The quantitative estimate of drug-likeness (QED) is 0.272. The molecule has 7 rings (SSSR count). The van der Waals surface area contributed by atoms with Crippen LogP contribution in [0.2, 0.25) is 0 Å². The van der Waals surface area contributed by atoms with Gasteiger partial charge in [0.15, 0.2) is 0 Å². The molecule has 2 nitrogen and oxygen atoms in total. The minimum absolute atomic E-state index is 0.00992. The van der Waals surface area contributed by atoms with Crippen LogP contribution in [0.25, 0.3) is 49.4 Å². The van der Waals surface area contributed by atoms with Gasteiger partial charge in [-0.3, -0.25) is 4.98 Å². The van der Waals surface area contributed by atoms with E-state index < -0.39 is 0 Å². The van der Waals surface area contributed by atoms with Crippen LogP contribution in [-0.2, 0) is 5.41 Å². The molecule has 2 aromatic heterocycles. The lowest BCUT2D eigenvalue weighted by atomic mass is 9.81. The SMILES string of the molecule is CC1(C)c2ccccc2-c2cc3ccc4c(c3cc21)c1ccccc1n4-c1cccnc1. The molecule has 1 aliphatic carbocycles. The fourth-order valence-electron chi connectivity index (χ4n) is 5.75. The molecule has 2 heteroatoms. The normalized spacial score (nSPS) is 14.2. The summed E-state index contributed by atoms with van der Waals surface area (Å²) in [6, 6.07) is 31.1. The molecule has 0 N–H and O–H groups in total. The van der Waals surface area contributed by atoms with Gasteiger partial charge in [-0.15, -0.1) is 0 Å². The molecule has 0 spiro atoms. The van der Waals surface area contributed by atoms with E-state index in [1.807, 2.05) is 18.5 Å². The summed E-state index contributed by atoms with van der Waals surface area (Å²) in [4.78, 5) is 4.39. The van der Waals surface area contributed by atoms with Crippen molar-refractivity contribution in [3.05, 3.63) is 108 Å². The summed E-state index contributed by atoms with van der Waals surface area (Å²) < 4.78 is 2.34. The molecule has 0 saturated heterocycles. The molecule has 0 amide bonds. The number of benzene rings is 4. The summed E-state index contributed by atoms with van der Waals surface area (Å²) >= 11 is 0. The number of hydrogen-bond donors (Lipinski definition) is 0. The Kier molecular flexibility index (Phi) is 3.37. The molecular formula is C30H22N2. The Morgan fingerprint density at radius 3 is 2.41 bits per heavy atom. The fourth-order valence-corrected chi connectivity index (χ4v) is 5.75. The van der Waals surface area contributed by atoms with Gasteiger partial charge in [0.2, 0.25) is 0 Å². The van der Waals surface area contributed by atoms with Gasteiger partial charge >= 0.3 is 0 Å². The maximum atomic E-state index is 4.39. The Morgan fingerprint density at radius 2 is 1.53 bits per heavy atom. The van der Waals surface area contributed by atoms with Crippen molar-refractivity contribution in [3.63, 3.8) is 0 Å². The highest BCUT2D eigenvalue weighted by Gasteiger charge is 2.35. The van der Waals surface area contributed by atoms with Crippen LogP contribution >= 0.6 is 0 Å². The first-order chi connectivity index (χ1) is 15.6. The summed E-state index contributed by atoms with van der Waals surface area (Å²) in [5, 5.41) is 5.21. The van der Waals surface area contributed by atoms with Gasteiger partial charge in [0, 0.05) is 22.4 Å². The minimum atomic E-state index is -0.00992. The average molecular weight is 411 g/mol. The number of para-hydroxylation sites is 1. The lowest BCUT2D eigenvalue weighted by molar-refractivity contribution is 0.661. The first-order valence-corrected chi connectivity index (χ1v) is 11.2. The van der Waals surface area contributed by atoms with Crippen molar-refractivity contribution in [2.45, 2.75) is 19.3 Å². The van der Waals surface area contributed by atoms with Crippen LogP contribution in [0, 0.1) is 0 Å². The Balaban J connectivity index is 1.65. The Bertz CT molecular complexity index is 1690. The molecule has 0 radical (unpaired) electrons. The minimum Gasteiger partial charge on any atom is -0.308 e. The smallest absolute Gasteiger partial charge is 0.0645 e. The van der Waals surface area contributed by atoms with Crippen LogP contribution < -0.4 is 0 Å². The Labute approximate surface area is 186 Å². The summed E-state index contributed by atoms with van der Waals surface area (Å²) in [5.74, 6) is 0. The number of aromatic nitrogens is 2. The zero-order valence-electron chi connectivity index (χ0n) is 18.1. The van der Waals surface area contributed by atoms with Gasteiger partial charge in [0.25, 0.3) is 0 Å². The van der Waals surface area contributed by atoms with Crippen molar-refractivity contribution in [1.29, 1.82) is 0 Å². The third-order valence-electron chi connectivity index (χ3n) is 7.26. The van der Waals surface area contributed by atoms with Crippen molar-refractivity contribution in [2.24, 2.45) is 0 Å². The summed E-state index contributed by atoms with van der Waals surface area (Å²) in [6.45, 7) is 4.70. The zero-order valence-corrected chi connectivity index (χ0v) is 18.1. The lowest BCUT2D eigenvalue weighted by Gasteiger charge is -2.21. The van der Waals surface area contributed by atoms with E-state index in [-0.39, 0.29) is 5.41 Å². The Morgan fingerprint density at radius 1 is 0.688 bits per heavy atom. The van der Waals surface area contributed by atoms with Crippen molar-refractivity contribution < 1.29 is 0 Å². The number of pyridine rings is 1. The van der Waals surface area contributed by atoms with Crippen LogP contribution in [0.15, 0.2) is 97.3 Å². The number of rotatable bonds is 1. The highest BCUT2D eigenvalue weighted by Crippen LogP contribution is 2.50. The van der Waals surface area contributed by atoms with Crippen molar-refractivity contribution in [2.75, 3.05) is 0 Å². The van der Waals surface area contributed by atoms with E-state index in [4.69, 9.17) is 0 Å². The molecule has 2 heterocycles. The van der Waals surface area contributed by atoms with Gasteiger partial charge in [-0.2, -0.15) is 0 Å². The van der Waals surface area contributed by atoms with Crippen LogP contribution in [0.3, 0.4) is 0 Å². The van der Waals surface area contributed by atoms with Gasteiger partial charge < -0.3 is 4.57 Å². The first kappa shape index (κ1) is 17.7. The first-order valence-electron chi connectivity index (χ1n) is 11.2. The summed E-state index contributed by atoms with van der Waals surface area (Å²) in [7, 11) is 0. The zero-order chi connectivity index (χ0) is 21.4. The van der Waals surface area contributed by atoms with Crippen LogP contribution in [-0.4, -0.2) is 9.55 Å². The van der Waals surface area contributed by atoms with Gasteiger partial charge in [0.05, 0.1) is 22.9 Å². The molecule has 0 saturated carbocycles. The molecule has 32 heavy (non-hydrogen) atoms.